The zero-order chi connectivity index (χ0) is 13.0. The van der Waals surface area contributed by atoms with Crippen molar-refractivity contribution in [1.29, 1.82) is 0 Å². The third-order valence-corrected chi connectivity index (χ3v) is 3.56. The first-order valence-corrected chi connectivity index (χ1v) is 6.72. The fraction of sp³-hybridized carbons (Fsp3) is 0.600. The normalized spacial score (nSPS) is 21.7. The molecule has 100 valence electrons. The second kappa shape index (κ2) is 6.10. The van der Waals surface area contributed by atoms with Crippen molar-refractivity contribution in [2.75, 3.05) is 14.2 Å². The van der Waals surface area contributed by atoms with Crippen LogP contribution in [0.25, 0.3) is 0 Å². The zero-order valence-corrected chi connectivity index (χ0v) is 11.5. The van der Waals surface area contributed by atoms with E-state index in [9.17, 15) is 0 Å². The minimum absolute atomic E-state index is 0.710. The highest BCUT2D eigenvalue weighted by Crippen LogP contribution is 2.35. The number of hydrogen-bond donors (Lipinski definition) is 1. The number of methoxy groups -OCH3 is 2. The lowest BCUT2D eigenvalue weighted by atomic mass is 10.2. The highest BCUT2D eigenvalue weighted by atomic mass is 16.5. The van der Waals surface area contributed by atoms with Gasteiger partial charge in [-0.25, -0.2) is 0 Å². The van der Waals surface area contributed by atoms with E-state index < -0.39 is 0 Å². The number of benzene rings is 1. The van der Waals surface area contributed by atoms with E-state index in [1.165, 1.54) is 24.8 Å². The Morgan fingerprint density at radius 1 is 1.17 bits per heavy atom. The van der Waals surface area contributed by atoms with Gasteiger partial charge in [0, 0.05) is 18.7 Å². The molecule has 1 fully saturated rings. The van der Waals surface area contributed by atoms with E-state index in [2.05, 4.69) is 24.4 Å². The van der Waals surface area contributed by atoms with Crippen LogP contribution in [0.3, 0.4) is 0 Å². The molecule has 18 heavy (non-hydrogen) atoms. The molecule has 1 aliphatic rings. The Morgan fingerprint density at radius 3 is 2.39 bits per heavy atom. The molecular weight excluding hydrogens is 226 g/mol. The fourth-order valence-corrected chi connectivity index (χ4v) is 2.40. The van der Waals surface area contributed by atoms with Crippen LogP contribution in [-0.2, 0) is 6.54 Å². The summed E-state index contributed by atoms with van der Waals surface area (Å²) in [6.45, 7) is 3.14. The number of ether oxygens (including phenoxy) is 2. The van der Waals surface area contributed by atoms with Crippen molar-refractivity contribution in [3.63, 3.8) is 0 Å². The van der Waals surface area contributed by atoms with Gasteiger partial charge in [-0.3, -0.25) is 0 Å². The summed E-state index contributed by atoms with van der Waals surface area (Å²) in [7, 11) is 3.37. The number of nitrogens with one attached hydrogen (secondary N) is 1. The van der Waals surface area contributed by atoms with E-state index in [-0.39, 0.29) is 0 Å². The average Bonchev–Trinajstić information content (AvgIpc) is 3.15. The second-order valence-corrected chi connectivity index (χ2v) is 4.99. The fourth-order valence-electron chi connectivity index (χ4n) is 2.40. The smallest absolute Gasteiger partial charge is 0.122 e. The van der Waals surface area contributed by atoms with Crippen LogP contribution >= 0.6 is 0 Å². The van der Waals surface area contributed by atoms with E-state index in [0.717, 1.165) is 24.0 Å². The SMILES string of the molecule is CCCC1CC1NCc1cc(OC)cc(OC)c1. The van der Waals surface area contributed by atoms with E-state index in [0.29, 0.717) is 6.04 Å². The van der Waals surface area contributed by atoms with Gasteiger partial charge < -0.3 is 14.8 Å². The Bertz CT molecular complexity index is 370. The number of rotatable bonds is 7. The van der Waals surface area contributed by atoms with Gasteiger partial charge in [0.1, 0.15) is 11.5 Å². The molecular formula is C15H23NO2. The van der Waals surface area contributed by atoms with Gasteiger partial charge in [-0.1, -0.05) is 13.3 Å². The molecule has 1 saturated carbocycles. The predicted molar refractivity (Wildman–Crippen MR) is 73.2 cm³/mol. The van der Waals surface area contributed by atoms with Gasteiger partial charge in [-0.15, -0.1) is 0 Å². The lowest BCUT2D eigenvalue weighted by molar-refractivity contribution is 0.393. The number of hydrogen-bond acceptors (Lipinski definition) is 3. The Hall–Kier alpha value is -1.22. The largest absolute Gasteiger partial charge is 0.497 e. The maximum absolute atomic E-state index is 5.27. The maximum atomic E-state index is 5.27. The van der Waals surface area contributed by atoms with Gasteiger partial charge in [0.15, 0.2) is 0 Å². The monoisotopic (exact) mass is 249 g/mol. The van der Waals surface area contributed by atoms with Crippen LogP contribution in [0.5, 0.6) is 11.5 Å². The molecule has 1 aliphatic carbocycles. The van der Waals surface area contributed by atoms with Crippen molar-refractivity contribution in [3.8, 4) is 11.5 Å². The van der Waals surface area contributed by atoms with Gasteiger partial charge >= 0.3 is 0 Å². The molecule has 3 heteroatoms. The van der Waals surface area contributed by atoms with E-state index in [1.54, 1.807) is 14.2 Å². The van der Waals surface area contributed by atoms with E-state index in [1.807, 2.05) is 6.07 Å². The molecule has 2 rings (SSSR count). The molecule has 0 aliphatic heterocycles. The third-order valence-electron chi connectivity index (χ3n) is 3.56. The minimum Gasteiger partial charge on any atom is -0.497 e. The van der Waals surface area contributed by atoms with Crippen LogP contribution in [-0.4, -0.2) is 20.3 Å². The summed E-state index contributed by atoms with van der Waals surface area (Å²) in [5, 5.41) is 3.60. The minimum atomic E-state index is 0.710. The van der Waals surface area contributed by atoms with Gasteiger partial charge in [0.2, 0.25) is 0 Å². The van der Waals surface area contributed by atoms with Gasteiger partial charge in [-0.05, 0) is 36.5 Å². The van der Waals surface area contributed by atoms with Crippen LogP contribution in [0.2, 0.25) is 0 Å². The first-order chi connectivity index (χ1) is 8.76. The summed E-state index contributed by atoms with van der Waals surface area (Å²) in [6.07, 6.45) is 3.96. The van der Waals surface area contributed by atoms with Crippen molar-refractivity contribution in [2.45, 2.75) is 38.8 Å². The van der Waals surface area contributed by atoms with Crippen LogP contribution in [0, 0.1) is 5.92 Å². The van der Waals surface area contributed by atoms with Crippen LogP contribution in [0.1, 0.15) is 31.7 Å². The molecule has 3 nitrogen and oxygen atoms in total. The lowest BCUT2D eigenvalue weighted by Crippen LogP contribution is -2.17. The predicted octanol–water partition coefficient (Wildman–Crippen LogP) is 2.98. The molecule has 0 amide bonds. The molecule has 0 aromatic heterocycles. The molecule has 0 spiro atoms. The topological polar surface area (TPSA) is 30.5 Å². The quantitative estimate of drug-likeness (QED) is 0.806. The molecule has 0 radical (unpaired) electrons. The summed E-state index contributed by atoms with van der Waals surface area (Å²) in [6, 6.07) is 6.74. The summed E-state index contributed by atoms with van der Waals surface area (Å²) < 4.78 is 10.5. The Balaban J connectivity index is 1.89. The molecule has 0 bridgehead atoms. The van der Waals surface area contributed by atoms with Gasteiger partial charge in [0.25, 0.3) is 0 Å². The van der Waals surface area contributed by atoms with E-state index in [4.69, 9.17) is 9.47 Å². The van der Waals surface area contributed by atoms with Crippen molar-refractivity contribution >= 4 is 0 Å². The Morgan fingerprint density at radius 2 is 1.83 bits per heavy atom. The Kier molecular flexibility index (Phi) is 4.48. The summed E-state index contributed by atoms with van der Waals surface area (Å²) in [5.74, 6) is 2.60. The summed E-state index contributed by atoms with van der Waals surface area (Å²) in [4.78, 5) is 0. The molecule has 1 N–H and O–H groups in total. The van der Waals surface area contributed by atoms with Crippen LogP contribution in [0.4, 0.5) is 0 Å². The second-order valence-electron chi connectivity index (χ2n) is 4.99. The van der Waals surface area contributed by atoms with E-state index >= 15 is 0 Å². The molecule has 2 atom stereocenters. The highest BCUT2D eigenvalue weighted by Gasteiger charge is 2.35. The molecule has 1 aromatic carbocycles. The van der Waals surface area contributed by atoms with Crippen molar-refractivity contribution in [3.05, 3.63) is 23.8 Å². The van der Waals surface area contributed by atoms with Crippen molar-refractivity contribution in [2.24, 2.45) is 5.92 Å². The van der Waals surface area contributed by atoms with Crippen molar-refractivity contribution in [1.82, 2.24) is 5.32 Å². The zero-order valence-electron chi connectivity index (χ0n) is 11.5. The standard InChI is InChI=1S/C15H23NO2/c1-4-5-12-8-15(12)16-10-11-6-13(17-2)9-14(7-11)18-3/h6-7,9,12,15-16H,4-5,8,10H2,1-3H3. The first kappa shape index (κ1) is 13.2. The first-order valence-electron chi connectivity index (χ1n) is 6.72. The third kappa shape index (κ3) is 3.39. The Labute approximate surface area is 109 Å². The lowest BCUT2D eigenvalue weighted by Gasteiger charge is -2.09. The molecule has 1 aromatic rings. The molecule has 2 unspecified atom stereocenters. The average molecular weight is 249 g/mol. The van der Waals surface area contributed by atoms with Crippen LogP contribution < -0.4 is 14.8 Å². The summed E-state index contributed by atoms with van der Waals surface area (Å²) in [5.41, 5.74) is 1.22. The van der Waals surface area contributed by atoms with Crippen molar-refractivity contribution < 1.29 is 9.47 Å². The van der Waals surface area contributed by atoms with Gasteiger partial charge in [0.05, 0.1) is 14.2 Å². The summed E-state index contributed by atoms with van der Waals surface area (Å²) >= 11 is 0. The van der Waals surface area contributed by atoms with Crippen LogP contribution in [0.15, 0.2) is 18.2 Å². The molecule has 0 heterocycles. The highest BCUT2D eigenvalue weighted by molar-refractivity contribution is 5.38. The maximum Gasteiger partial charge on any atom is 0.122 e. The molecule has 0 saturated heterocycles. The van der Waals surface area contributed by atoms with Gasteiger partial charge in [-0.2, -0.15) is 0 Å².